The van der Waals surface area contributed by atoms with Crippen molar-refractivity contribution in [3.05, 3.63) is 24.3 Å². The van der Waals surface area contributed by atoms with Gasteiger partial charge < -0.3 is 17.2 Å². The maximum absolute atomic E-state index is 11.2. The average Bonchev–Trinajstić information content (AvgIpc) is 2.15. The van der Waals surface area contributed by atoms with Gasteiger partial charge in [-0.2, -0.15) is 4.99 Å². The Bertz CT molecular complexity index is 573. The molecule has 0 saturated carbocycles. The van der Waals surface area contributed by atoms with Crippen LogP contribution in [0.15, 0.2) is 39.1 Å². The van der Waals surface area contributed by atoms with E-state index in [0.717, 1.165) is 0 Å². The predicted molar refractivity (Wildman–Crippen MR) is 64.9 cm³/mol. The van der Waals surface area contributed by atoms with Crippen LogP contribution in [0, 0.1) is 0 Å². The zero-order valence-corrected chi connectivity index (χ0v) is 9.55. The summed E-state index contributed by atoms with van der Waals surface area (Å²) < 4.78 is 22.5. The van der Waals surface area contributed by atoms with Crippen molar-refractivity contribution in [3.63, 3.8) is 0 Å². The standard InChI is InChI=1S/C8H12N6O2S/c9-7(10)14-8(11)13-5-3-1-2-4-6(5)17(12,15)16/h1-4H,(H2,12,15,16)(H6,9,10,11,13,14). The second kappa shape index (κ2) is 4.80. The lowest BCUT2D eigenvalue weighted by Crippen LogP contribution is -2.26. The Kier molecular flexibility index (Phi) is 3.66. The lowest BCUT2D eigenvalue weighted by atomic mass is 10.3. The Morgan fingerprint density at radius 1 is 1.12 bits per heavy atom. The summed E-state index contributed by atoms with van der Waals surface area (Å²) in [5.74, 6) is -0.541. The summed E-state index contributed by atoms with van der Waals surface area (Å²) in [4.78, 5) is 7.05. The molecule has 8 N–H and O–H groups in total. The molecule has 0 bridgehead atoms. The maximum atomic E-state index is 11.2. The predicted octanol–water partition coefficient (Wildman–Crippen LogP) is -1.45. The van der Waals surface area contributed by atoms with Crippen molar-refractivity contribution in [2.45, 2.75) is 4.90 Å². The second-order valence-corrected chi connectivity index (χ2v) is 4.55. The first-order chi connectivity index (χ1) is 7.80. The van der Waals surface area contributed by atoms with Gasteiger partial charge in [-0.05, 0) is 12.1 Å². The van der Waals surface area contributed by atoms with Gasteiger partial charge in [0, 0.05) is 0 Å². The number of rotatable bonds is 2. The van der Waals surface area contributed by atoms with Crippen LogP contribution in [-0.2, 0) is 10.0 Å². The lowest BCUT2D eigenvalue weighted by Gasteiger charge is -2.02. The summed E-state index contributed by atoms with van der Waals surface area (Å²) in [6, 6.07) is 5.82. The third kappa shape index (κ3) is 3.74. The number of sulfonamides is 1. The molecule has 92 valence electrons. The minimum absolute atomic E-state index is 0.0671. The zero-order chi connectivity index (χ0) is 13.1. The first kappa shape index (κ1) is 12.9. The molecule has 0 aliphatic rings. The normalized spacial score (nSPS) is 12.2. The number of benzene rings is 1. The van der Waals surface area contributed by atoms with E-state index in [4.69, 9.17) is 22.3 Å². The molecule has 0 heterocycles. The SMILES string of the molecule is NC(N)=NC(N)=Nc1ccccc1S(N)(=O)=O. The molecule has 1 aromatic carbocycles. The number of para-hydroxylation sites is 1. The van der Waals surface area contributed by atoms with Gasteiger partial charge in [-0.1, -0.05) is 12.1 Å². The van der Waals surface area contributed by atoms with E-state index in [1.54, 1.807) is 6.07 Å². The molecule has 0 aliphatic carbocycles. The number of nitrogens with two attached hydrogens (primary N) is 4. The monoisotopic (exact) mass is 256 g/mol. The van der Waals surface area contributed by atoms with Crippen LogP contribution in [0.2, 0.25) is 0 Å². The van der Waals surface area contributed by atoms with E-state index >= 15 is 0 Å². The number of aliphatic imine (C=N–C) groups is 2. The van der Waals surface area contributed by atoms with Crippen LogP contribution >= 0.6 is 0 Å². The number of guanidine groups is 2. The summed E-state index contributed by atoms with van der Waals surface area (Å²) >= 11 is 0. The molecule has 0 saturated heterocycles. The van der Waals surface area contributed by atoms with Gasteiger partial charge in [0.2, 0.25) is 16.0 Å². The highest BCUT2D eigenvalue weighted by molar-refractivity contribution is 7.89. The molecule has 0 aromatic heterocycles. The summed E-state index contributed by atoms with van der Waals surface area (Å²) in [6.45, 7) is 0. The fourth-order valence-electron chi connectivity index (χ4n) is 1.07. The van der Waals surface area contributed by atoms with Crippen LogP contribution in [0.3, 0.4) is 0 Å². The van der Waals surface area contributed by atoms with Gasteiger partial charge in [-0.15, -0.1) is 0 Å². The van der Waals surface area contributed by atoms with Crippen LogP contribution in [-0.4, -0.2) is 20.3 Å². The number of primary sulfonamides is 1. The van der Waals surface area contributed by atoms with Crippen molar-refractivity contribution in [2.75, 3.05) is 0 Å². The fraction of sp³-hybridized carbons (Fsp3) is 0. The second-order valence-electron chi connectivity index (χ2n) is 3.02. The first-order valence-corrected chi connectivity index (χ1v) is 5.91. The van der Waals surface area contributed by atoms with Crippen LogP contribution < -0.4 is 22.3 Å². The summed E-state index contributed by atoms with van der Waals surface area (Å²) in [5, 5.41) is 5.01. The van der Waals surface area contributed by atoms with Gasteiger partial charge in [0.1, 0.15) is 4.90 Å². The highest BCUT2D eigenvalue weighted by atomic mass is 32.2. The fourth-order valence-corrected chi connectivity index (χ4v) is 1.74. The average molecular weight is 256 g/mol. The van der Waals surface area contributed by atoms with E-state index in [1.807, 2.05) is 0 Å². The summed E-state index contributed by atoms with van der Waals surface area (Å²) in [6.07, 6.45) is 0. The molecule has 0 radical (unpaired) electrons. The number of hydrogen-bond donors (Lipinski definition) is 4. The number of hydrogen-bond acceptors (Lipinski definition) is 3. The van der Waals surface area contributed by atoms with Gasteiger partial charge in [-0.25, -0.2) is 18.5 Å². The molecule has 9 heteroatoms. The smallest absolute Gasteiger partial charge is 0.240 e. The highest BCUT2D eigenvalue weighted by Gasteiger charge is 2.12. The molecule has 0 fully saturated rings. The van der Waals surface area contributed by atoms with Gasteiger partial charge in [-0.3, -0.25) is 0 Å². The maximum Gasteiger partial charge on any atom is 0.240 e. The van der Waals surface area contributed by atoms with Gasteiger partial charge in [0.05, 0.1) is 5.69 Å². The van der Waals surface area contributed by atoms with Crippen LogP contribution in [0.25, 0.3) is 0 Å². The molecule has 0 amide bonds. The number of nitrogens with zero attached hydrogens (tertiary/aromatic N) is 2. The molecule has 17 heavy (non-hydrogen) atoms. The van der Waals surface area contributed by atoms with E-state index in [0.29, 0.717) is 0 Å². The first-order valence-electron chi connectivity index (χ1n) is 4.36. The van der Waals surface area contributed by atoms with Crippen molar-refractivity contribution in [1.29, 1.82) is 0 Å². The largest absolute Gasteiger partial charge is 0.370 e. The highest BCUT2D eigenvalue weighted by Crippen LogP contribution is 2.22. The topological polar surface area (TPSA) is 163 Å². The lowest BCUT2D eigenvalue weighted by molar-refractivity contribution is 0.598. The Morgan fingerprint density at radius 2 is 1.71 bits per heavy atom. The van der Waals surface area contributed by atoms with Crippen molar-refractivity contribution in [3.8, 4) is 0 Å². The van der Waals surface area contributed by atoms with E-state index in [2.05, 4.69) is 9.98 Å². The van der Waals surface area contributed by atoms with E-state index in [9.17, 15) is 8.42 Å². The minimum Gasteiger partial charge on any atom is -0.370 e. The summed E-state index contributed by atoms with van der Waals surface area (Å²) in [5.41, 5.74) is 15.6. The third-order valence-electron chi connectivity index (χ3n) is 1.65. The Morgan fingerprint density at radius 3 is 2.24 bits per heavy atom. The van der Waals surface area contributed by atoms with Crippen molar-refractivity contribution < 1.29 is 8.42 Å². The van der Waals surface area contributed by atoms with E-state index in [1.165, 1.54) is 18.2 Å². The molecule has 8 nitrogen and oxygen atoms in total. The molecule has 0 atom stereocenters. The molecule has 1 rings (SSSR count). The molecular formula is C8H12N6O2S. The molecule has 1 aromatic rings. The quantitative estimate of drug-likeness (QED) is 0.375. The van der Waals surface area contributed by atoms with Gasteiger partial charge >= 0.3 is 0 Å². The molecular weight excluding hydrogens is 244 g/mol. The third-order valence-corrected chi connectivity index (χ3v) is 2.61. The Labute approximate surface area is 98.1 Å². The zero-order valence-electron chi connectivity index (χ0n) is 8.74. The molecule has 0 aliphatic heterocycles. The summed E-state index contributed by atoms with van der Waals surface area (Å²) in [7, 11) is -3.88. The Hall–Kier alpha value is -2.13. The van der Waals surface area contributed by atoms with Gasteiger partial charge in [0.25, 0.3) is 0 Å². The van der Waals surface area contributed by atoms with E-state index < -0.39 is 10.0 Å². The van der Waals surface area contributed by atoms with Crippen molar-refractivity contribution in [1.82, 2.24) is 0 Å². The van der Waals surface area contributed by atoms with Crippen molar-refractivity contribution in [2.24, 2.45) is 32.3 Å². The molecule has 0 unspecified atom stereocenters. The van der Waals surface area contributed by atoms with Crippen molar-refractivity contribution >= 4 is 27.6 Å². The van der Waals surface area contributed by atoms with Crippen LogP contribution in [0.5, 0.6) is 0 Å². The van der Waals surface area contributed by atoms with Gasteiger partial charge in [0.15, 0.2) is 5.96 Å². The van der Waals surface area contributed by atoms with Crippen LogP contribution in [0.1, 0.15) is 0 Å². The van der Waals surface area contributed by atoms with E-state index in [-0.39, 0.29) is 22.5 Å². The molecule has 0 spiro atoms. The van der Waals surface area contributed by atoms with Crippen LogP contribution in [0.4, 0.5) is 5.69 Å². The minimum atomic E-state index is -3.88. The Balaban J connectivity index is 3.30.